The zero-order valence-electron chi connectivity index (χ0n) is 18.8. The van der Waals surface area contributed by atoms with Crippen LogP contribution in [0.25, 0.3) is 38.9 Å². The Labute approximate surface area is 206 Å². The normalized spacial score (nSPS) is 15.0. The first-order valence-electron chi connectivity index (χ1n) is 11.7. The molecule has 1 atom stereocenters. The van der Waals surface area contributed by atoms with Crippen LogP contribution in [-0.4, -0.2) is 24.5 Å². The van der Waals surface area contributed by atoms with Crippen molar-refractivity contribution in [3.63, 3.8) is 0 Å². The number of para-hydroxylation sites is 1. The molecule has 1 aliphatic carbocycles. The number of fused-ring (bicyclic) bond motifs is 3. The number of imidazole rings is 2. The third-order valence-corrected chi connectivity index (χ3v) is 7.20. The number of hydrogen-bond acceptors (Lipinski definition) is 4. The number of hydrogen-bond donors (Lipinski definition) is 3. The van der Waals surface area contributed by atoms with Gasteiger partial charge in [-0.2, -0.15) is 0 Å². The number of aryl methyl sites for hydroxylation is 1. The third kappa shape index (κ3) is 3.27. The van der Waals surface area contributed by atoms with E-state index in [0.717, 1.165) is 57.5 Å². The Hall–Kier alpha value is -4.23. The van der Waals surface area contributed by atoms with Crippen LogP contribution < -0.4 is 5.32 Å². The number of nitrogens with one attached hydrogen (secondary N) is 3. The molecular weight excluding hydrogens is 452 g/mol. The van der Waals surface area contributed by atoms with Gasteiger partial charge < -0.3 is 15.3 Å². The molecule has 170 valence electrons. The summed E-state index contributed by atoms with van der Waals surface area (Å²) < 4.78 is 2.74. The number of benzene rings is 3. The molecule has 0 saturated carbocycles. The highest BCUT2D eigenvalue weighted by molar-refractivity contribution is 7.71. The van der Waals surface area contributed by atoms with Crippen molar-refractivity contribution in [2.45, 2.75) is 18.9 Å². The molecule has 1 aliphatic rings. The maximum Gasteiger partial charge on any atom is 0.183 e. The summed E-state index contributed by atoms with van der Waals surface area (Å²) in [5, 5.41) is 4.89. The van der Waals surface area contributed by atoms with Crippen LogP contribution in [0, 0.1) is 4.77 Å². The Morgan fingerprint density at radius 3 is 2.80 bits per heavy atom. The molecule has 0 saturated heterocycles. The van der Waals surface area contributed by atoms with Gasteiger partial charge in [0.1, 0.15) is 5.82 Å². The van der Waals surface area contributed by atoms with Crippen LogP contribution in [0.4, 0.5) is 5.82 Å². The van der Waals surface area contributed by atoms with Gasteiger partial charge in [0.15, 0.2) is 4.77 Å². The Morgan fingerprint density at radius 2 is 1.83 bits per heavy atom. The maximum absolute atomic E-state index is 5.91. The second-order valence-corrected chi connectivity index (χ2v) is 9.29. The fraction of sp³-hybridized carbons (Fsp3) is 0.107. The van der Waals surface area contributed by atoms with E-state index in [0.29, 0.717) is 4.77 Å². The molecule has 3 aromatic carbocycles. The second kappa shape index (κ2) is 7.92. The molecule has 7 rings (SSSR count). The van der Waals surface area contributed by atoms with Crippen LogP contribution in [0.3, 0.4) is 0 Å². The molecule has 35 heavy (non-hydrogen) atoms. The van der Waals surface area contributed by atoms with Crippen molar-refractivity contribution in [2.24, 2.45) is 0 Å². The smallest absolute Gasteiger partial charge is 0.183 e. The highest BCUT2D eigenvalue weighted by Gasteiger charge is 2.25. The monoisotopic (exact) mass is 474 g/mol. The van der Waals surface area contributed by atoms with E-state index in [-0.39, 0.29) is 6.04 Å². The molecule has 7 heteroatoms. The lowest BCUT2D eigenvalue weighted by Crippen LogP contribution is -2.09. The zero-order chi connectivity index (χ0) is 23.4. The molecule has 3 heterocycles. The SMILES string of the molecule is S=c1[nH]c(NC2CCc3ccccc32)c(-c2ccnc3ccccc23)n1-c1ccc2nc[nH]c2c1. The summed E-state index contributed by atoms with van der Waals surface area (Å²) in [7, 11) is 0. The zero-order valence-corrected chi connectivity index (χ0v) is 19.6. The molecule has 6 aromatic rings. The average molecular weight is 475 g/mol. The van der Waals surface area contributed by atoms with Crippen molar-refractivity contribution in [1.82, 2.24) is 24.5 Å². The van der Waals surface area contributed by atoms with E-state index in [2.05, 4.69) is 84.4 Å². The predicted octanol–water partition coefficient (Wildman–Crippen LogP) is 6.73. The first-order valence-corrected chi connectivity index (χ1v) is 12.1. The molecule has 0 aliphatic heterocycles. The van der Waals surface area contributed by atoms with Gasteiger partial charge in [0.25, 0.3) is 0 Å². The first kappa shape index (κ1) is 20.2. The lowest BCUT2D eigenvalue weighted by molar-refractivity contribution is 0.758. The van der Waals surface area contributed by atoms with Gasteiger partial charge in [-0.05, 0) is 66.5 Å². The minimum Gasteiger partial charge on any atom is -0.363 e. The van der Waals surface area contributed by atoms with Crippen LogP contribution >= 0.6 is 12.2 Å². The van der Waals surface area contributed by atoms with Crippen molar-refractivity contribution in [3.8, 4) is 16.9 Å². The van der Waals surface area contributed by atoms with E-state index in [1.165, 1.54) is 11.1 Å². The van der Waals surface area contributed by atoms with E-state index in [9.17, 15) is 0 Å². The van der Waals surface area contributed by atoms with Crippen LogP contribution in [-0.2, 0) is 6.42 Å². The molecule has 0 bridgehead atoms. The topological polar surface area (TPSA) is 74.3 Å². The molecule has 0 radical (unpaired) electrons. The van der Waals surface area contributed by atoms with Gasteiger partial charge >= 0.3 is 0 Å². The van der Waals surface area contributed by atoms with Crippen molar-refractivity contribution in [1.29, 1.82) is 0 Å². The lowest BCUT2D eigenvalue weighted by atomic mass is 10.0. The largest absolute Gasteiger partial charge is 0.363 e. The summed E-state index contributed by atoms with van der Waals surface area (Å²) in [4.78, 5) is 15.7. The van der Waals surface area contributed by atoms with Gasteiger partial charge in [-0.15, -0.1) is 0 Å². The number of aromatic amines is 2. The maximum atomic E-state index is 5.91. The fourth-order valence-corrected chi connectivity index (χ4v) is 5.59. The van der Waals surface area contributed by atoms with Crippen molar-refractivity contribution >= 4 is 40.0 Å². The number of H-pyrrole nitrogens is 2. The van der Waals surface area contributed by atoms with Gasteiger partial charge in [-0.1, -0.05) is 42.5 Å². The fourth-order valence-electron chi connectivity index (χ4n) is 5.29. The van der Waals surface area contributed by atoms with Crippen molar-refractivity contribution in [3.05, 3.63) is 101 Å². The molecule has 3 N–H and O–H groups in total. The number of nitrogens with zero attached hydrogens (tertiary/aromatic N) is 3. The Balaban J connectivity index is 1.46. The summed E-state index contributed by atoms with van der Waals surface area (Å²) in [5.41, 5.74) is 8.64. The van der Waals surface area contributed by atoms with Crippen molar-refractivity contribution < 1.29 is 0 Å². The third-order valence-electron chi connectivity index (χ3n) is 6.91. The number of anilines is 1. The molecule has 0 spiro atoms. The van der Waals surface area contributed by atoms with E-state index in [1.54, 1.807) is 6.33 Å². The Kier molecular flexibility index (Phi) is 4.57. The van der Waals surface area contributed by atoms with E-state index < -0.39 is 0 Å². The average Bonchev–Trinajstić information content (AvgIpc) is 3.61. The Morgan fingerprint density at radius 1 is 0.943 bits per heavy atom. The summed E-state index contributed by atoms with van der Waals surface area (Å²) >= 11 is 5.91. The van der Waals surface area contributed by atoms with Crippen LogP contribution in [0.5, 0.6) is 0 Å². The Bertz CT molecular complexity index is 1770. The van der Waals surface area contributed by atoms with E-state index >= 15 is 0 Å². The number of aromatic nitrogens is 5. The van der Waals surface area contributed by atoms with Gasteiger partial charge in [-0.25, -0.2) is 4.98 Å². The standard InChI is InChI=1S/C28H22N6S/c35-28-33-27(32-23-11-9-17-5-1-2-6-19(17)23)26(21-13-14-29-22-8-4-3-7-20(21)22)34(28)18-10-12-24-25(15-18)31-16-30-24/h1-8,10,12-16,23,32H,9,11H2,(H,30,31)(H,33,35). The first-order chi connectivity index (χ1) is 17.3. The quantitative estimate of drug-likeness (QED) is 0.248. The molecular formula is C28H22N6S. The molecule has 3 aromatic heterocycles. The van der Waals surface area contributed by atoms with E-state index in [4.69, 9.17) is 12.2 Å². The number of pyridine rings is 1. The van der Waals surface area contributed by atoms with Gasteiger partial charge in [0, 0.05) is 17.1 Å². The molecule has 0 fully saturated rings. The number of rotatable bonds is 4. The molecule has 6 nitrogen and oxygen atoms in total. The highest BCUT2D eigenvalue weighted by Crippen LogP contribution is 2.39. The second-order valence-electron chi connectivity index (χ2n) is 8.90. The van der Waals surface area contributed by atoms with Crippen molar-refractivity contribution in [2.75, 3.05) is 5.32 Å². The van der Waals surface area contributed by atoms with E-state index in [1.807, 2.05) is 24.4 Å². The predicted molar refractivity (Wildman–Crippen MR) is 142 cm³/mol. The van der Waals surface area contributed by atoms with Crippen LogP contribution in [0.15, 0.2) is 85.3 Å². The van der Waals surface area contributed by atoms with Gasteiger partial charge in [0.2, 0.25) is 0 Å². The summed E-state index contributed by atoms with van der Waals surface area (Å²) in [5.74, 6) is 0.915. The molecule has 0 amide bonds. The minimum atomic E-state index is 0.217. The highest BCUT2D eigenvalue weighted by atomic mass is 32.1. The minimum absolute atomic E-state index is 0.217. The van der Waals surface area contributed by atoms with Gasteiger partial charge in [-0.3, -0.25) is 9.55 Å². The van der Waals surface area contributed by atoms with Crippen LogP contribution in [0.1, 0.15) is 23.6 Å². The summed E-state index contributed by atoms with van der Waals surface area (Å²) in [6, 6.07) is 25.4. The summed E-state index contributed by atoms with van der Waals surface area (Å²) in [6.45, 7) is 0. The summed E-state index contributed by atoms with van der Waals surface area (Å²) in [6.07, 6.45) is 5.69. The van der Waals surface area contributed by atoms with Crippen LogP contribution in [0.2, 0.25) is 0 Å². The molecule has 1 unspecified atom stereocenters. The lowest BCUT2D eigenvalue weighted by Gasteiger charge is -2.18. The van der Waals surface area contributed by atoms with Gasteiger partial charge in [0.05, 0.1) is 40.3 Å².